The van der Waals surface area contributed by atoms with Crippen LogP contribution in [0, 0.1) is 6.92 Å². The first-order chi connectivity index (χ1) is 9.17. The predicted octanol–water partition coefficient (Wildman–Crippen LogP) is 2.82. The van der Waals surface area contributed by atoms with Gasteiger partial charge in [-0.1, -0.05) is 0 Å². The summed E-state index contributed by atoms with van der Waals surface area (Å²) in [6.45, 7) is 3.97. The Balaban J connectivity index is 1.91. The first kappa shape index (κ1) is 13.4. The van der Waals surface area contributed by atoms with Gasteiger partial charge in [-0.2, -0.15) is 4.98 Å². The Morgan fingerprint density at radius 3 is 2.95 bits per heavy atom. The summed E-state index contributed by atoms with van der Waals surface area (Å²) in [5, 5.41) is 3.35. The Kier molecular flexibility index (Phi) is 4.39. The highest BCUT2D eigenvalue weighted by Crippen LogP contribution is 2.15. The summed E-state index contributed by atoms with van der Waals surface area (Å²) in [5.74, 6) is 3.06. The summed E-state index contributed by atoms with van der Waals surface area (Å²) >= 11 is 0. The van der Waals surface area contributed by atoms with Gasteiger partial charge in [0, 0.05) is 18.5 Å². The molecule has 2 rings (SSSR count). The van der Waals surface area contributed by atoms with Crippen LogP contribution in [0.15, 0.2) is 28.9 Å². The monoisotopic (exact) mass is 261 g/mol. The summed E-state index contributed by atoms with van der Waals surface area (Å²) in [6, 6.07) is 6.00. The second kappa shape index (κ2) is 6.22. The Bertz CT molecular complexity index is 511. The molecule has 5 heteroatoms. The summed E-state index contributed by atoms with van der Waals surface area (Å²) in [4.78, 5) is 8.50. The van der Waals surface area contributed by atoms with E-state index in [0.717, 1.165) is 24.4 Å². The number of ether oxygens (including phenoxy) is 1. The van der Waals surface area contributed by atoms with Crippen molar-refractivity contribution >= 4 is 5.82 Å². The molecule has 0 radical (unpaired) electrons. The zero-order valence-corrected chi connectivity index (χ0v) is 11.5. The normalized spacial score (nSPS) is 12.2. The lowest BCUT2D eigenvalue weighted by Crippen LogP contribution is -2.17. The van der Waals surface area contributed by atoms with E-state index in [-0.39, 0.29) is 0 Å². The third-order valence-corrected chi connectivity index (χ3v) is 2.82. The molecule has 5 nitrogen and oxygen atoms in total. The van der Waals surface area contributed by atoms with Gasteiger partial charge in [-0.15, -0.1) is 0 Å². The molecule has 1 N–H and O–H groups in total. The molecule has 19 heavy (non-hydrogen) atoms. The number of methoxy groups -OCH3 is 1. The van der Waals surface area contributed by atoms with Crippen molar-refractivity contribution < 1.29 is 9.15 Å². The number of nitrogens with zero attached hydrogens (tertiary/aromatic N) is 2. The van der Waals surface area contributed by atoms with Crippen LogP contribution in [-0.2, 0) is 6.42 Å². The van der Waals surface area contributed by atoms with E-state index < -0.39 is 0 Å². The van der Waals surface area contributed by atoms with E-state index in [1.165, 1.54) is 0 Å². The SMILES string of the molecule is COc1cc(NC(C)CCc2ccco2)nc(C)n1. The molecule has 1 unspecified atom stereocenters. The van der Waals surface area contributed by atoms with Crippen molar-refractivity contribution in [3.8, 4) is 5.88 Å². The van der Waals surface area contributed by atoms with E-state index in [1.807, 2.05) is 19.1 Å². The van der Waals surface area contributed by atoms with Gasteiger partial charge in [-0.05, 0) is 32.4 Å². The highest BCUT2D eigenvalue weighted by atomic mass is 16.5. The van der Waals surface area contributed by atoms with Crippen LogP contribution in [0.3, 0.4) is 0 Å². The molecule has 0 spiro atoms. The molecule has 0 amide bonds. The number of furan rings is 1. The molecule has 0 saturated heterocycles. The summed E-state index contributed by atoms with van der Waals surface area (Å²) < 4.78 is 10.4. The fourth-order valence-electron chi connectivity index (χ4n) is 1.86. The molecule has 0 aliphatic rings. The lowest BCUT2D eigenvalue weighted by atomic mass is 10.1. The topological polar surface area (TPSA) is 60.2 Å². The molecule has 0 fully saturated rings. The summed E-state index contributed by atoms with van der Waals surface area (Å²) in [6.07, 6.45) is 3.58. The molecule has 2 aromatic rings. The number of nitrogens with one attached hydrogen (secondary N) is 1. The van der Waals surface area contributed by atoms with Crippen molar-refractivity contribution in [1.29, 1.82) is 0 Å². The van der Waals surface area contributed by atoms with Gasteiger partial charge in [0.2, 0.25) is 5.88 Å². The molecule has 2 aromatic heterocycles. The van der Waals surface area contributed by atoms with Crippen molar-refractivity contribution in [3.05, 3.63) is 36.0 Å². The number of hydrogen-bond acceptors (Lipinski definition) is 5. The number of rotatable bonds is 6. The van der Waals surface area contributed by atoms with Gasteiger partial charge >= 0.3 is 0 Å². The first-order valence-electron chi connectivity index (χ1n) is 6.36. The molecule has 1 atom stereocenters. The van der Waals surface area contributed by atoms with E-state index in [1.54, 1.807) is 19.4 Å². The second-order valence-electron chi connectivity index (χ2n) is 4.51. The lowest BCUT2D eigenvalue weighted by Gasteiger charge is -2.14. The van der Waals surface area contributed by atoms with Crippen LogP contribution in [0.2, 0.25) is 0 Å². The van der Waals surface area contributed by atoms with Crippen LogP contribution in [0.1, 0.15) is 24.9 Å². The van der Waals surface area contributed by atoms with Crippen molar-refractivity contribution in [2.45, 2.75) is 32.7 Å². The van der Waals surface area contributed by atoms with Crippen molar-refractivity contribution in [1.82, 2.24) is 9.97 Å². The second-order valence-corrected chi connectivity index (χ2v) is 4.51. The van der Waals surface area contributed by atoms with Crippen molar-refractivity contribution in [2.75, 3.05) is 12.4 Å². The number of anilines is 1. The van der Waals surface area contributed by atoms with E-state index in [2.05, 4.69) is 22.2 Å². The van der Waals surface area contributed by atoms with Crippen LogP contribution < -0.4 is 10.1 Å². The Labute approximate surface area is 113 Å². The minimum Gasteiger partial charge on any atom is -0.481 e. The average Bonchev–Trinajstić information content (AvgIpc) is 2.88. The summed E-state index contributed by atoms with van der Waals surface area (Å²) in [7, 11) is 1.60. The third-order valence-electron chi connectivity index (χ3n) is 2.82. The maximum atomic E-state index is 5.32. The maximum absolute atomic E-state index is 5.32. The molecule has 102 valence electrons. The maximum Gasteiger partial charge on any atom is 0.218 e. The molecule has 0 bridgehead atoms. The number of aryl methyl sites for hydroxylation is 2. The smallest absolute Gasteiger partial charge is 0.218 e. The number of hydrogen-bond donors (Lipinski definition) is 1. The van der Waals surface area contributed by atoms with Crippen LogP contribution in [-0.4, -0.2) is 23.1 Å². The minimum atomic E-state index is 0.295. The Morgan fingerprint density at radius 2 is 2.26 bits per heavy atom. The average molecular weight is 261 g/mol. The summed E-state index contributed by atoms with van der Waals surface area (Å²) in [5.41, 5.74) is 0. The van der Waals surface area contributed by atoms with E-state index in [4.69, 9.17) is 9.15 Å². The van der Waals surface area contributed by atoms with Crippen LogP contribution >= 0.6 is 0 Å². The van der Waals surface area contributed by atoms with E-state index in [9.17, 15) is 0 Å². The van der Waals surface area contributed by atoms with E-state index >= 15 is 0 Å². The van der Waals surface area contributed by atoms with Gasteiger partial charge in [0.25, 0.3) is 0 Å². The van der Waals surface area contributed by atoms with Crippen molar-refractivity contribution in [2.24, 2.45) is 0 Å². The standard InChI is InChI=1S/C14H19N3O2/c1-10(6-7-12-5-4-8-19-12)15-13-9-14(18-3)17-11(2)16-13/h4-5,8-10H,6-7H2,1-3H3,(H,15,16,17). The van der Waals surface area contributed by atoms with E-state index in [0.29, 0.717) is 17.7 Å². The zero-order valence-electron chi connectivity index (χ0n) is 11.5. The largest absolute Gasteiger partial charge is 0.481 e. The minimum absolute atomic E-state index is 0.295. The van der Waals surface area contributed by atoms with Crippen molar-refractivity contribution in [3.63, 3.8) is 0 Å². The zero-order chi connectivity index (χ0) is 13.7. The van der Waals surface area contributed by atoms with Gasteiger partial charge in [-0.3, -0.25) is 0 Å². The van der Waals surface area contributed by atoms with Gasteiger partial charge in [0.15, 0.2) is 0 Å². The molecule has 0 aliphatic carbocycles. The predicted molar refractivity (Wildman–Crippen MR) is 73.4 cm³/mol. The highest BCUT2D eigenvalue weighted by Gasteiger charge is 2.07. The Hall–Kier alpha value is -2.04. The van der Waals surface area contributed by atoms with Crippen LogP contribution in [0.4, 0.5) is 5.82 Å². The molecule has 0 aromatic carbocycles. The highest BCUT2D eigenvalue weighted by molar-refractivity contribution is 5.39. The molecule has 0 saturated carbocycles. The lowest BCUT2D eigenvalue weighted by molar-refractivity contribution is 0.396. The number of aromatic nitrogens is 2. The molecule has 2 heterocycles. The van der Waals surface area contributed by atoms with Gasteiger partial charge in [0.1, 0.15) is 17.4 Å². The Morgan fingerprint density at radius 1 is 1.42 bits per heavy atom. The quantitative estimate of drug-likeness (QED) is 0.866. The molecular weight excluding hydrogens is 242 g/mol. The van der Waals surface area contributed by atoms with Crippen LogP contribution in [0.5, 0.6) is 5.88 Å². The first-order valence-corrected chi connectivity index (χ1v) is 6.36. The molecule has 0 aliphatic heterocycles. The molecular formula is C14H19N3O2. The van der Waals surface area contributed by atoms with Crippen LogP contribution in [0.25, 0.3) is 0 Å². The fraction of sp³-hybridized carbons (Fsp3) is 0.429. The van der Waals surface area contributed by atoms with Gasteiger partial charge in [-0.25, -0.2) is 4.98 Å². The van der Waals surface area contributed by atoms with Gasteiger partial charge < -0.3 is 14.5 Å². The van der Waals surface area contributed by atoms with Gasteiger partial charge in [0.05, 0.1) is 13.4 Å². The fourth-order valence-corrected chi connectivity index (χ4v) is 1.86. The third kappa shape index (κ3) is 3.98.